The largest absolute Gasteiger partial charge is 0.507 e. The van der Waals surface area contributed by atoms with Gasteiger partial charge in [-0.25, -0.2) is 0 Å². The molecule has 0 aliphatic heterocycles. The molecular formula is C12H16BrNO2. The van der Waals surface area contributed by atoms with E-state index in [2.05, 4.69) is 15.9 Å². The molecule has 0 aliphatic carbocycles. The summed E-state index contributed by atoms with van der Waals surface area (Å²) in [6, 6.07) is 5.22. The number of aryl methyl sites for hydroxylation is 1. The number of carbonyl (C=O) groups is 1. The zero-order chi connectivity index (χ0) is 12.1. The Labute approximate surface area is 104 Å². The average molecular weight is 286 g/mol. The van der Waals surface area contributed by atoms with Crippen LogP contribution in [0.1, 0.15) is 22.8 Å². The third-order valence-electron chi connectivity index (χ3n) is 2.49. The van der Waals surface area contributed by atoms with Gasteiger partial charge in [0.05, 0.1) is 5.56 Å². The van der Waals surface area contributed by atoms with Gasteiger partial charge in [0.2, 0.25) is 0 Å². The first kappa shape index (κ1) is 13.0. The molecule has 16 heavy (non-hydrogen) atoms. The zero-order valence-electron chi connectivity index (χ0n) is 9.53. The van der Waals surface area contributed by atoms with E-state index in [1.54, 1.807) is 30.0 Å². The van der Waals surface area contributed by atoms with E-state index in [9.17, 15) is 9.90 Å². The van der Waals surface area contributed by atoms with Crippen molar-refractivity contribution in [2.75, 3.05) is 18.4 Å². The number of hydrogen-bond donors (Lipinski definition) is 1. The highest BCUT2D eigenvalue weighted by molar-refractivity contribution is 9.09. The van der Waals surface area contributed by atoms with E-state index < -0.39 is 0 Å². The average Bonchev–Trinajstić information content (AvgIpc) is 2.29. The highest BCUT2D eigenvalue weighted by atomic mass is 79.9. The van der Waals surface area contributed by atoms with Gasteiger partial charge in [0.25, 0.3) is 5.91 Å². The first-order valence-electron chi connectivity index (χ1n) is 5.25. The fraction of sp³-hybridized carbons (Fsp3) is 0.417. The van der Waals surface area contributed by atoms with Gasteiger partial charge >= 0.3 is 0 Å². The summed E-state index contributed by atoms with van der Waals surface area (Å²) in [4.78, 5) is 13.8. The highest BCUT2D eigenvalue weighted by Crippen LogP contribution is 2.22. The number of phenols is 1. The number of carbonyl (C=O) groups excluding carboxylic acids is 1. The molecule has 88 valence electrons. The minimum atomic E-state index is -0.122. The Hall–Kier alpha value is -1.03. The number of rotatable bonds is 4. The molecule has 0 heterocycles. The Morgan fingerprint density at radius 2 is 2.19 bits per heavy atom. The molecule has 0 unspecified atom stereocenters. The minimum Gasteiger partial charge on any atom is -0.507 e. The van der Waals surface area contributed by atoms with E-state index in [0.29, 0.717) is 18.7 Å². The van der Waals surface area contributed by atoms with E-state index in [1.165, 1.54) is 0 Å². The van der Waals surface area contributed by atoms with Gasteiger partial charge < -0.3 is 10.0 Å². The van der Waals surface area contributed by atoms with E-state index in [0.717, 1.165) is 10.9 Å². The van der Waals surface area contributed by atoms with Crippen LogP contribution in [-0.2, 0) is 0 Å². The molecule has 0 radical (unpaired) electrons. The van der Waals surface area contributed by atoms with Crippen LogP contribution >= 0.6 is 15.9 Å². The molecule has 0 atom stereocenters. The third-order valence-corrected chi connectivity index (χ3v) is 2.85. The lowest BCUT2D eigenvalue weighted by molar-refractivity contribution is 0.0771. The Kier molecular flexibility index (Phi) is 4.80. The minimum absolute atomic E-state index is 0.0838. The SMILES string of the molecule is CCN(CCBr)C(=O)c1cccc(C)c1O. The van der Waals surface area contributed by atoms with Gasteiger partial charge in [-0.2, -0.15) is 0 Å². The Morgan fingerprint density at radius 3 is 2.75 bits per heavy atom. The van der Waals surface area contributed by atoms with Crippen molar-refractivity contribution in [1.82, 2.24) is 4.90 Å². The second-order valence-electron chi connectivity index (χ2n) is 3.54. The van der Waals surface area contributed by atoms with Crippen LogP contribution in [0.3, 0.4) is 0 Å². The van der Waals surface area contributed by atoms with Gasteiger partial charge in [0, 0.05) is 18.4 Å². The molecular weight excluding hydrogens is 270 g/mol. The number of hydrogen-bond acceptors (Lipinski definition) is 2. The number of amides is 1. The molecule has 1 aromatic carbocycles. The predicted octanol–water partition coefficient (Wildman–Crippen LogP) is 2.56. The van der Waals surface area contributed by atoms with Crippen LogP contribution in [-0.4, -0.2) is 34.3 Å². The number of nitrogens with zero attached hydrogens (tertiary/aromatic N) is 1. The molecule has 1 amide bonds. The van der Waals surface area contributed by atoms with Crippen molar-refractivity contribution in [2.45, 2.75) is 13.8 Å². The second-order valence-corrected chi connectivity index (χ2v) is 4.34. The summed E-state index contributed by atoms with van der Waals surface area (Å²) in [6.45, 7) is 4.99. The van der Waals surface area contributed by atoms with Crippen LogP contribution in [0.2, 0.25) is 0 Å². The van der Waals surface area contributed by atoms with Gasteiger partial charge in [0.15, 0.2) is 0 Å². The summed E-state index contributed by atoms with van der Waals surface area (Å²) in [5.74, 6) is -0.0383. The smallest absolute Gasteiger partial charge is 0.257 e. The summed E-state index contributed by atoms with van der Waals surface area (Å²) < 4.78 is 0. The number of para-hydroxylation sites is 1. The van der Waals surface area contributed by atoms with Crippen molar-refractivity contribution in [3.05, 3.63) is 29.3 Å². The molecule has 0 spiro atoms. The summed E-state index contributed by atoms with van der Waals surface area (Å²) in [5.41, 5.74) is 1.10. The Morgan fingerprint density at radius 1 is 1.50 bits per heavy atom. The van der Waals surface area contributed by atoms with E-state index in [4.69, 9.17) is 0 Å². The molecule has 1 rings (SSSR count). The van der Waals surface area contributed by atoms with E-state index in [1.807, 2.05) is 6.92 Å². The first-order valence-corrected chi connectivity index (χ1v) is 6.37. The Bertz CT molecular complexity index is 379. The molecule has 0 aliphatic rings. The van der Waals surface area contributed by atoms with E-state index >= 15 is 0 Å². The Balaban J connectivity index is 2.99. The number of alkyl halides is 1. The molecule has 0 bridgehead atoms. The lowest BCUT2D eigenvalue weighted by Crippen LogP contribution is -2.32. The molecule has 0 fully saturated rings. The molecule has 0 saturated heterocycles. The maximum atomic E-state index is 12.1. The maximum absolute atomic E-state index is 12.1. The molecule has 1 aromatic rings. The van der Waals surface area contributed by atoms with Crippen molar-refractivity contribution in [3.8, 4) is 5.75 Å². The topological polar surface area (TPSA) is 40.5 Å². The lowest BCUT2D eigenvalue weighted by atomic mass is 10.1. The quantitative estimate of drug-likeness (QED) is 0.864. The summed E-state index contributed by atoms with van der Waals surface area (Å²) in [5, 5.41) is 10.6. The molecule has 3 nitrogen and oxygen atoms in total. The van der Waals surface area contributed by atoms with Crippen LogP contribution in [0.4, 0.5) is 0 Å². The van der Waals surface area contributed by atoms with Gasteiger partial charge in [0.1, 0.15) is 5.75 Å². The van der Waals surface area contributed by atoms with Crippen molar-refractivity contribution < 1.29 is 9.90 Å². The first-order chi connectivity index (χ1) is 7.61. The number of halogens is 1. The van der Waals surface area contributed by atoms with E-state index in [-0.39, 0.29) is 11.7 Å². The van der Waals surface area contributed by atoms with Crippen LogP contribution < -0.4 is 0 Å². The lowest BCUT2D eigenvalue weighted by Gasteiger charge is -2.20. The molecule has 0 aromatic heterocycles. The van der Waals surface area contributed by atoms with Gasteiger partial charge in [-0.1, -0.05) is 28.1 Å². The fourth-order valence-corrected chi connectivity index (χ4v) is 1.94. The molecule has 1 N–H and O–H groups in total. The van der Waals surface area contributed by atoms with Crippen molar-refractivity contribution in [1.29, 1.82) is 0 Å². The van der Waals surface area contributed by atoms with Gasteiger partial charge in [-0.3, -0.25) is 4.79 Å². The van der Waals surface area contributed by atoms with Gasteiger partial charge in [-0.15, -0.1) is 0 Å². The predicted molar refractivity (Wildman–Crippen MR) is 68.2 cm³/mol. The maximum Gasteiger partial charge on any atom is 0.257 e. The second kappa shape index (κ2) is 5.89. The van der Waals surface area contributed by atoms with Crippen LogP contribution in [0.25, 0.3) is 0 Å². The fourth-order valence-electron chi connectivity index (χ4n) is 1.51. The number of aromatic hydroxyl groups is 1. The molecule has 0 saturated carbocycles. The number of phenolic OH excluding ortho intramolecular Hbond substituents is 1. The molecule has 4 heteroatoms. The monoisotopic (exact) mass is 285 g/mol. The summed E-state index contributed by atoms with van der Waals surface area (Å²) in [7, 11) is 0. The number of benzene rings is 1. The normalized spacial score (nSPS) is 10.2. The highest BCUT2D eigenvalue weighted by Gasteiger charge is 2.17. The summed E-state index contributed by atoms with van der Waals surface area (Å²) in [6.07, 6.45) is 0. The van der Waals surface area contributed by atoms with Crippen LogP contribution in [0.5, 0.6) is 5.75 Å². The standard InChI is InChI=1S/C12H16BrNO2/c1-3-14(8-7-13)12(16)10-6-4-5-9(2)11(10)15/h4-6,15H,3,7-8H2,1-2H3. The van der Waals surface area contributed by atoms with Crippen LogP contribution in [0.15, 0.2) is 18.2 Å². The van der Waals surface area contributed by atoms with Gasteiger partial charge in [-0.05, 0) is 25.5 Å². The van der Waals surface area contributed by atoms with Crippen molar-refractivity contribution >= 4 is 21.8 Å². The van der Waals surface area contributed by atoms with Crippen molar-refractivity contribution in [3.63, 3.8) is 0 Å². The zero-order valence-corrected chi connectivity index (χ0v) is 11.1. The van der Waals surface area contributed by atoms with Crippen molar-refractivity contribution in [2.24, 2.45) is 0 Å². The summed E-state index contributed by atoms with van der Waals surface area (Å²) >= 11 is 3.31. The third kappa shape index (κ3) is 2.76. The van der Waals surface area contributed by atoms with Crippen LogP contribution in [0, 0.1) is 6.92 Å².